The van der Waals surface area contributed by atoms with Crippen LogP contribution in [0.1, 0.15) is 47.0 Å². The Hall–Kier alpha value is -0.660. The predicted molar refractivity (Wildman–Crippen MR) is 46.6 cm³/mol. The molecule has 0 heterocycles. The van der Waals surface area contributed by atoms with Gasteiger partial charge >= 0.3 is 0 Å². The van der Waals surface area contributed by atoms with Crippen LogP contribution in [0.3, 0.4) is 0 Å². The van der Waals surface area contributed by atoms with Crippen molar-refractivity contribution in [1.82, 2.24) is 0 Å². The van der Waals surface area contributed by atoms with Gasteiger partial charge in [0.05, 0.1) is 0 Å². The van der Waals surface area contributed by atoms with Crippen LogP contribution in [0.15, 0.2) is 0 Å². The summed E-state index contributed by atoms with van der Waals surface area (Å²) in [5.41, 5.74) is 0. The maximum absolute atomic E-state index is 10.3. The van der Waals surface area contributed by atoms with E-state index in [9.17, 15) is 9.59 Å². The third-order valence-electron chi connectivity index (χ3n) is 1.06. The fourth-order valence-electron chi connectivity index (χ4n) is 0.586. The molecule has 0 fully saturated rings. The summed E-state index contributed by atoms with van der Waals surface area (Å²) in [5.74, 6) is 0.326. The predicted octanol–water partition coefficient (Wildman–Crippen LogP) is 2.36. The summed E-state index contributed by atoms with van der Waals surface area (Å²) < 4.78 is 0. The lowest BCUT2D eigenvalue weighted by molar-refractivity contribution is -0.118. The molecule has 0 aromatic rings. The Morgan fingerprint density at radius 1 is 0.909 bits per heavy atom. The van der Waals surface area contributed by atoms with E-state index >= 15 is 0 Å². The molecule has 0 saturated carbocycles. The maximum Gasteiger partial charge on any atom is 0.129 e. The van der Waals surface area contributed by atoms with Crippen LogP contribution >= 0.6 is 0 Å². The summed E-state index contributed by atoms with van der Waals surface area (Å²) in [6.07, 6.45) is 1.80. The molecule has 0 spiro atoms. The van der Waals surface area contributed by atoms with Gasteiger partial charge < -0.3 is 9.59 Å². The zero-order chi connectivity index (χ0) is 9.28. The SMILES string of the molecule is CC.CC(=O)CCCC(C)=O. The average molecular weight is 158 g/mol. The zero-order valence-electron chi connectivity index (χ0n) is 7.94. The van der Waals surface area contributed by atoms with Crippen LogP contribution in [0.5, 0.6) is 0 Å². The number of hydrogen-bond acceptors (Lipinski definition) is 2. The van der Waals surface area contributed by atoms with Crippen LogP contribution in [-0.4, -0.2) is 11.6 Å². The Morgan fingerprint density at radius 3 is 1.36 bits per heavy atom. The monoisotopic (exact) mass is 158 g/mol. The Morgan fingerprint density at radius 2 is 1.18 bits per heavy atom. The van der Waals surface area contributed by atoms with Crippen molar-refractivity contribution >= 4 is 11.6 Å². The quantitative estimate of drug-likeness (QED) is 0.629. The minimum atomic E-state index is 0.163. The van der Waals surface area contributed by atoms with Gasteiger partial charge in [0.2, 0.25) is 0 Å². The van der Waals surface area contributed by atoms with Gasteiger partial charge in [0, 0.05) is 12.8 Å². The van der Waals surface area contributed by atoms with E-state index in [1.807, 2.05) is 13.8 Å². The Kier molecular flexibility index (Phi) is 11.0. The molecule has 0 aliphatic carbocycles. The van der Waals surface area contributed by atoms with Crippen molar-refractivity contribution in [3.63, 3.8) is 0 Å². The normalized spacial score (nSPS) is 8.00. The van der Waals surface area contributed by atoms with E-state index in [0.29, 0.717) is 19.3 Å². The minimum Gasteiger partial charge on any atom is -0.300 e. The summed E-state index contributed by atoms with van der Waals surface area (Å²) in [7, 11) is 0. The lowest BCUT2D eigenvalue weighted by Gasteiger charge is -1.90. The summed E-state index contributed by atoms with van der Waals surface area (Å²) in [6.45, 7) is 7.08. The smallest absolute Gasteiger partial charge is 0.129 e. The van der Waals surface area contributed by atoms with Crippen molar-refractivity contribution in [2.75, 3.05) is 0 Å². The lowest BCUT2D eigenvalue weighted by atomic mass is 10.1. The van der Waals surface area contributed by atoms with Crippen LogP contribution in [0, 0.1) is 0 Å². The first-order chi connectivity index (χ1) is 5.13. The summed E-state index contributed by atoms with van der Waals surface area (Å²) in [4.78, 5) is 20.6. The molecule has 2 nitrogen and oxygen atoms in total. The number of rotatable bonds is 4. The Labute approximate surface area is 69.0 Å². The molecule has 66 valence electrons. The van der Waals surface area contributed by atoms with Crippen LogP contribution in [0.25, 0.3) is 0 Å². The third kappa shape index (κ3) is 17.6. The van der Waals surface area contributed by atoms with E-state index in [1.165, 1.54) is 0 Å². The number of carbonyl (C=O) groups is 2. The fourth-order valence-corrected chi connectivity index (χ4v) is 0.586. The zero-order valence-corrected chi connectivity index (χ0v) is 7.94. The summed E-state index contributed by atoms with van der Waals surface area (Å²) >= 11 is 0. The molecular formula is C9H18O2. The fraction of sp³-hybridized carbons (Fsp3) is 0.778. The Bertz CT molecular complexity index is 103. The van der Waals surface area contributed by atoms with Gasteiger partial charge in [-0.05, 0) is 20.3 Å². The van der Waals surface area contributed by atoms with E-state index in [0.717, 1.165) is 0 Å². The van der Waals surface area contributed by atoms with Gasteiger partial charge in [0.15, 0.2) is 0 Å². The average Bonchev–Trinajstić information content (AvgIpc) is 1.90. The second-order valence-corrected chi connectivity index (χ2v) is 2.26. The lowest BCUT2D eigenvalue weighted by Crippen LogP contribution is -1.93. The van der Waals surface area contributed by atoms with E-state index in [4.69, 9.17) is 0 Å². The molecule has 0 aliphatic rings. The first-order valence-corrected chi connectivity index (χ1v) is 4.12. The molecule has 0 unspecified atom stereocenters. The highest BCUT2D eigenvalue weighted by atomic mass is 16.1. The minimum absolute atomic E-state index is 0.163. The Balaban J connectivity index is 0. The molecule has 0 amide bonds. The standard InChI is InChI=1S/C7H12O2.C2H6/c1-6(8)4-3-5-7(2)9;1-2/h3-5H2,1-2H3;1-2H3. The van der Waals surface area contributed by atoms with Crippen molar-refractivity contribution in [2.24, 2.45) is 0 Å². The highest BCUT2D eigenvalue weighted by Crippen LogP contribution is 1.95. The molecule has 11 heavy (non-hydrogen) atoms. The highest BCUT2D eigenvalue weighted by Gasteiger charge is 1.95. The largest absolute Gasteiger partial charge is 0.300 e. The molecule has 0 aromatic heterocycles. The molecular weight excluding hydrogens is 140 g/mol. The van der Waals surface area contributed by atoms with Gasteiger partial charge in [-0.25, -0.2) is 0 Å². The molecule has 0 rings (SSSR count). The molecule has 0 aromatic carbocycles. The van der Waals surface area contributed by atoms with Gasteiger partial charge in [0.25, 0.3) is 0 Å². The molecule has 0 bridgehead atoms. The number of carbonyl (C=O) groups excluding carboxylic acids is 2. The van der Waals surface area contributed by atoms with Crippen LogP contribution in [-0.2, 0) is 9.59 Å². The molecule has 0 atom stereocenters. The van der Waals surface area contributed by atoms with E-state index in [2.05, 4.69) is 0 Å². The van der Waals surface area contributed by atoms with Crippen LogP contribution in [0.4, 0.5) is 0 Å². The summed E-state index contributed by atoms with van der Waals surface area (Å²) in [6, 6.07) is 0. The molecule has 0 aliphatic heterocycles. The second kappa shape index (κ2) is 9.34. The van der Waals surface area contributed by atoms with Gasteiger partial charge in [0.1, 0.15) is 11.6 Å². The molecule has 0 N–H and O–H groups in total. The topological polar surface area (TPSA) is 34.1 Å². The summed E-state index contributed by atoms with van der Waals surface area (Å²) in [5, 5.41) is 0. The van der Waals surface area contributed by atoms with Crippen molar-refractivity contribution < 1.29 is 9.59 Å². The van der Waals surface area contributed by atoms with Crippen molar-refractivity contribution in [3.8, 4) is 0 Å². The third-order valence-corrected chi connectivity index (χ3v) is 1.06. The van der Waals surface area contributed by atoms with Crippen LogP contribution in [0.2, 0.25) is 0 Å². The number of ketones is 2. The van der Waals surface area contributed by atoms with Crippen molar-refractivity contribution in [3.05, 3.63) is 0 Å². The molecule has 2 heteroatoms. The second-order valence-electron chi connectivity index (χ2n) is 2.26. The van der Waals surface area contributed by atoms with Crippen molar-refractivity contribution in [1.29, 1.82) is 0 Å². The number of hydrogen-bond donors (Lipinski definition) is 0. The first-order valence-electron chi connectivity index (χ1n) is 4.12. The maximum atomic E-state index is 10.3. The van der Waals surface area contributed by atoms with Crippen LogP contribution < -0.4 is 0 Å². The highest BCUT2D eigenvalue weighted by molar-refractivity contribution is 5.78. The van der Waals surface area contributed by atoms with E-state index in [1.54, 1.807) is 13.8 Å². The van der Waals surface area contributed by atoms with Gasteiger partial charge in [-0.15, -0.1) is 0 Å². The number of Topliss-reactive ketones (excluding diaryl/α,β-unsaturated/α-hetero) is 2. The van der Waals surface area contributed by atoms with Crippen molar-refractivity contribution in [2.45, 2.75) is 47.0 Å². The molecule has 0 radical (unpaired) electrons. The first kappa shape index (κ1) is 13.0. The van der Waals surface area contributed by atoms with Gasteiger partial charge in [-0.1, -0.05) is 13.8 Å². The van der Waals surface area contributed by atoms with E-state index in [-0.39, 0.29) is 11.6 Å². The molecule has 0 saturated heterocycles. The van der Waals surface area contributed by atoms with Gasteiger partial charge in [-0.3, -0.25) is 0 Å². The van der Waals surface area contributed by atoms with Gasteiger partial charge in [-0.2, -0.15) is 0 Å². The van der Waals surface area contributed by atoms with E-state index < -0.39 is 0 Å².